The Hall–Kier alpha value is -0.740. The first-order valence-corrected chi connectivity index (χ1v) is 8.95. The molecule has 19 heavy (non-hydrogen) atoms. The van der Waals surface area contributed by atoms with Crippen molar-refractivity contribution in [1.82, 2.24) is 0 Å². The molecule has 1 aromatic carbocycles. The summed E-state index contributed by atoms with van der Waals surface area (Å²) in [6.07, 6.45) is 0.718. The molecule has 0 spiro atoms. The second-order valence-corrected chi connectivity index (χ2v) is 7.80. The summed E-state index contributed by atoms with van der Waals surface area (Å²) < 4.78 is 28.0. The third-order valence-electron chi connectivity index (χ3n) is 3.03. The Morgan fingerprint density at radius 2 is 1.89 bits per heavy atom. The summed E-state index contributed by atoms with van der Waals surface area (Å²) in [4.78, 5) is 0. The standard InChI is InChI=1S/C14H21ClO3S/c1-4-12(10-19(15,16)17)9-18-14-8-6-5-7-13(14)11(2)3/h5-8,11-12H,4,9-10H2,1-3H3. The predicted molar refractivity (Wildman–Crippen MR) is 79.4 cm³/mol. The van der Waals surface area contributed by atoms with Gasteiger partial charge in [0.1, 0.15) is 5.75 Å². The summed E-state index contributed by atoms with van der Waals surface area (Å²) in [5.74, 6) is 1.06. The maximum absolute atomic E-state index is 11.1. The molecule has 3 nitrogen and oxygen atoms in total. The normalized spacial score (nSPS) is 13.5. The minimum Gasteiger partial charge on any atom is -0.493 e. The lowest BCUT2D eigenvalue weighted by atomic mass is 10.0. The molecule has 0 aromatic heterocycles. The van der Waals surface area contributed by atoms with Crippen molar-refractivity contribution in [1.29, 1.82) is 0 Å². The lowest BCUT2D eigenvalue weighted by Gasteiger charge is -2.17. The van der Waals surface area contributed by atoms with Gasteiger partial charge in [-0.1, -0.05) is 39.0 Å². The molecule has 0 aliphatic heterocycles. The van der Waals surface area contributed by atoms with Gasteiger partial charge in [0.25, 0.3) is 0 Å². The highest BCUT2D eigenvalue weighted by atomic mass is 35.7. The highest BCUT2D eigenvalue weighted by Crippen LogP contribution is 2.26. The maximum Gasteiger partial charge on any atom is 0.232 e. The number of hydrogen-bond donors (Lipinski definition) is 0. The minimum atomic E-state index is -3.47. The van der Waals surface area contributed by atoms with Gasteiger partial charge in [-0.15, -0.1) is 0 Å². The fraction of sp³-hybridized carbons (Fsp3) is 0.571. The number of halogens is 1. The van der Waals surface area contributed by atoms with E-state index in [9.17, 15) is 8.42 Å². The molecular weight excluding hydrogens is 284 g/mol. The van der Waals surface area contributed by atoms with E-state index in [1.807, 2.05) is 31.2 Å². The molecule has 0 amide bonds. The fourth-order valence-electron chi connectivity index (χ4n) is 1.86. The van der Waals surface area contributed by atoms with Crippen LogP contribution < -0.4 is 4.74 Å². The summed E-state index contributed by atoms with van der Waals surface area (Å²) in [6.45, 7) is 6.50. The molecule has 0 aliphatic rings. The van der Waals surface area contributed by atoms with E-state index < -0.39 is 9.05 Å². The number of benzene rings is 1. The molecule has 0 N–H and O–H groups in total. The van der Waals surface area contributed by atoms with Crippen LogP contribution in [0.25, 0.3) is 0 Å². The van der Waals surface area contributed by atoms with E-state index in [2.05, 4.69) is 13.8 Å². The largest absolute Gasteiger partial charge is 0.493 e. The van der Waals surface area contributed by atoms with E-state index in [0.29, 0.717) is 12.5 Å². The zero-order valence-electron chi connectivity index (χ0n) is 11.6. The summed E-state index contributed by atoms with van der Waals surface area (Å²) in [7, 11) is 1.81. The van der Waals surface area contributed by atoms with Gasteiger partial charge in [0, 0.05) is 16.6 Å². The highest BCUT2D eigenvalue weighted by molar-refractivity contribution is 8.13. The molecule has 0 bridgehead atoms. The van der Waals surface area contributed by atoms with Gasteiger partial charge in [-0.3, -0.25) is 0 Å². The second-order valence-electron chi connectivity index (χ2n) is 4.98. The molecule has 0 heterocycles. The van der Waals surface area contributed by atoms with Crippen molar-refractivity contribution >= 4 is 19.7 Å². The predicted octanol–water partition coefficient (Wildman–Crippen LogP) is 3.78. The average molecular weight is 305 g/mol. The van der Waals surface area contributed by atoms with Gasteiger partial charge in [0.2, 0.25) is 9.05 Å². The second kappa shape index (κ2) is 7.15. The van der Waals surface area contributed by atoms with E-state index in [1.54, 1.807) is 0 Å². The van der Waals surface area contributed by atoms with Crippen molar-refractivity contribution in [2.45, 2.75) is 33.1 Å². The van der Waals surface area contributed by atoms with Crippen LogP contribution in [0.5, 0.6) is 5.75 Å². The van der Waals surface area contributed by atoms with Crippen LogP contribution in [0.1, 0.15) is 38.7 Å². The first kappa shape index (κ1) is 16.3. The van der Waals surface area contributed by atoms with Gasteiger partial charge in [-0.25, -0.2) is 8.42 Å². The number of ether oxygens (including phenoxy) is 1. The molecule has 0 saturated heterocycles. The molecule has 108 valence electrons. The average Bonchev–Trinajstić information content (AvgIpc) is 2.33. The lowest BCUT2D eigenvalue weighted by molar-refractivity contribution is 0.255. The van der Waals surface area contributed by atoms with Crippen LogP contribution in [0.3, 0.4) is 0 Å². The molecule has 0 aliphatic carbocycles. The summed E-state index contributed by atoms with van der Waals surface area (Å²) in [5, 5.41) is 0. The smallest absolute Gasteiger partial charge is 0.232 e. The summed E-state index contributed by atoms with van der Waals surface area (Å²) in [5.41, 5.74) is 1.13. The molecule has 1 atom stereocenters. The lowest BCUT2D eigenvalue weighted by Crippen LogP contribution is -2.19. The molecule has 0 saturated carbocycles. The molecule has 1 rings (SSSR count). The zero-order chi connectivity index (χ0) is 14.5. The zero-order valence-corrected chi connectivity index (χ0v) is 13.2. The Morgan fingerprint density at radius 1 is 1.26 bits per heavy atom. The van der Waals surface area contributed by atoms with Crippen molar-refractivity contribution in [3.05, 3.63) is 29.8 Å². The highest BCUT2D eigenvalue weighted by Gasteiger charge is 2.17. The van der Waals surface area contributed by atoms with Crippen LogP contribution in [0.4, 0.5) is 0 Å². The van der Waals surface area contributed by atoms with Gasteiger partial charge in [0.05, 0.1) is 12.4 Å². The Bertz CT molecular complexity index is 497. The Kier molecular flexibility index (Phi) is 6.14. The van der Waals surface area contributed by atoms with Crippen LogP contribution in [-0.4, -0.2) is 20.8 Å². The number of rotatable bonds is 7. The minimum absolute atomic E-state index is 0.0467. The third-order valence-corrected chi connectivity index (χ3v) is 4.28. The van der Waals surface area contributed by atoms with Crippen LogP contribution in [0, 0.1) is 5.92 Å². The van der Waals surface area contributed by atoms with Gasteiger partial charge in [-0.2, -0.15) is 0 Å². The van der Waals surface area contributed by atoms with E-state index in [-0.39, 0.29) is 11.7 Å². The third kappa shape index (κ3) is 5.83. The first-order valence-electron chi connectivity index (χ1n) is 6.47. The molecule has 1 aromatic rings. The molecule has 0 radical (unpaired) electrons. The topological polar surface area (TPSA) is 43.4 Å². The van der Waals surface area contributed by atoms with Crippen molar-refractivity contribution in [2.75, 3.05) is 12.4 Å². The van der Waals surface area contributed by atoms with E-state index in [1.165, 1.54) is 0 Å². The number of para-hydroxylation sites is 1. The van der Waals surface area contributed by atoms with Crippen molar-refractivity contribution in [3.63, 3.8) is 0 Å². The van der Waals surface area contributed by atoms with Crippen LogP contribution in [0.15, 0.2) is 24.3 Å². The van der Waals surface area contributed by atoms with E-state index in [0.717, 1.165) is 17.7 Å². The quantitative estimate of drug-likeness (QED) is 0.720. The SMILES string of the molecule is CCC(COc1ccccc1C(C)C)CS(=O)(=O)Cl. The van der Waals surface area contributed by atoms with Gasteiger partial charge in [0.15, 0.2) is 0 Å². The molecule has 1 unspecified atom stereocenters. The van der Waals surface area contributed by atoms with Gasteiger partial charge >= 0.3 is 0 Å². The van der Waals surface area contributed by atoms with Crippen molar-refractivity contribution in [3.8, 4) is 5.75 Å². The van der Waals surface area contributed by atoms with Crippen LogP contribution in [0.2, 0.25) is 0 Å². The molecule has 0 fully saturated rings. The van der Waals surface area contributed by atoms with Crippen LogP contribution in [-0.2, 0) is 9.05 Å². The van der Waals surface area contributed by atoms with Gasteiger partial charge < -0.3 is 4.74 Å². The molecular formula is C14H21ClO3S. The van der Waals surface area contributed by atoms with E-state index >= 15 is 0 Å². The van der Waals surface area contributed by atoms with Crippen LogP contribution >= 0.6 is 10.7 Å². The van der Waals surface area contributed by atoms with Crippen molar-refractivity contribution < 1.29 is 13.2 Å². The summed E-state index contributed by atoms with van der Waals surface area (Å²) in [6, 6.07) is 7.83. The van der Waals surface area contributed by atoms with Gasteiger partial charge in [-0.05, 0) is 24.0 Å². The monoisotopic (exact) mass is 304 g/mol. The Balaban J connectivity index is 2.70. The Labute approximate surface area is 120 Å². The molecule has 5 heteroatoms. The summed E-state index contributed by atoms with van der Waals surface area (Å²) >= 11 is 0. The first-order chi connectivity index (χ1) is 8.83. The fourth-order valence-corrected chi connectivity index (χ4v) is 3.29. The Morgan fingerprint density at radius 3 is 2.42 bits per heavy atom. The maximum atomic E-state index is 11.1. The van der Waals surface area contributed by atoms with E-state index in [4.69, 9.17) is 15.4 Å². The van der Waals surface area contributed by atoms with Crippen molar-refractivity contribution in [2.24, 2.45) is 5.92 Å². The number of hydrogen-bond acceptors (Lipinski definition) is 3.